The van der Waals surface area contributed by atoms with E-state index in [1.54, 1.807) is 6.33 Å². The summed E-state index contributed by atoms with van der Waals surface area (Å²) in [7, 11) is 0. The Balaban J connectivity index is 1.54. The third kappa shape index (κ3) is 3.28. The first-order valence-electron chi connectivity index (χ1n) is 8.41. The Labute approximate surface area is 141 Å². The van der Waals surface area contributed by atoms with Crippen LogP contribution in [0.2, 0.25) is 0 Å². The molecule has 3 heterocycles. The van der Waals surface area contributed by atoms with E-state index >= 15 is 0 Å². The Morgan fingerprint density at radius 1 is 1.04 bits per heavy atom. The highest BCUT2D eigenvalue weighted by atomic mass is 32.1. The van der Waals surface area contributed by atoms with Crippen molar-refractivity contribution in [2.45, 2.75) is 25.7 Å². The molecule has 1 aromatic carbocycles. The summed E-state index contributed by atoms with van der Waals surface area (Å²) >= 11 is 1.82. The minimum absolute atomic E-state index is 1.05. The minimum Gasteiger partial charge on any atom is -0.303 e. The average Bonchev–Trinajstić information content (AvgIpc) is 3.25. The molecule has 1 aliphatic heterocycles. The molecule has 3 aromatic rings. The number of benzene rings is 1. The lowest BCUT2D eigenvalue weighted by atomic mass is 10.2. The summed E-state index contributed by atoms with van der Waals surface area (Å²) in [5.74, 6) is 0. The fourth-order valence-corrected chi connectivity index (χ4v) is 4.44. The van der Waals surface area contributed by atoms with Crippen molar-refractivity contribution < 1.29 is 0 Å². The number of fused-ring (bicyclic) bond motifs is 1. The molecule has 0 spiro atoms. The first-order chi connectivity index (χ1) is 11.4. The molecule has 23 heavy (non-hydrogen) atoms. The van der Waals surface area contributed by atoms with E-state index in [0.29, 0.717) is 0 Å². The summed E-state index contributed by atoms with van der Waals surface area (Å²) in [6, 6.07) is 12.7. The number of aryl methyl sites for hydroxylation is 1. The fourth-order valence-electron chi connectivity index (χ4n) is 3.30. The number of nitrogens with zero attached hydrogens (tertiary/aromatic N) is 3. The van der Waals surface area contributed by atoms with Crippen molar-refractivity contribution in [3.63, 3.8) is 0 Å². The molecule has 3 nitrogen and oxygen atoms in total. The normalized spacial score (nSPS) is 15.5. The number of thiophene rings is 1. The van der Waals surface area contributed by atoms with Gasteiger partial charge in [0.05, 0.1) is 15.9 Å². The van der Waals surface area contributed by atoms with Gasteiger partial charge in [0.25, 0.3) is 0 Å². The Bertz CT molecular complexity index is 776. The molecule has 0 radical (unpaired) electrons. The van der Waals surface area contributed by atoms with Gasteiger partial charge in [-0.25, -0.2) is 9.97 Å². The maximum atomic E-state index is 4.56. The van der Waals surface area contributed by atoms with E-state index in [9.17, 15) is 0 Å². The predicted molar refractivity (Wildman–Crippen MR) is 96.8 cm³/mol. The van der Waals surface area contributed by atoms with Crippen molar-refractivity contribution in [1.82, 2.24) is 14.9 Å². The summed E-state index contributed by atoms with van der Waals surface area (Å²) in [5, 5.41) is 0. The Hall–Kier alpha value is -1.78. The van der Waals surface area contributed by atoms with Gasteiger partial charge in [0, 0.05) is 4.88 Å². The van der Waals surface area contributed by atoms with Crippen LogP contribution in [-0.4, -0.2) is 34.5 Å². The van der Waals surface area contributed by atoms with Crippen molar-refractivity contribution in [3.8, 4) is 10.4 Å². The number of likely N-dealkylation sites (tertiary alicyclic amines) is 1. The van der Waals surface area contributed by atoms with Gasteiger partial charge in [-0.1, -0.05) is 30.3 Å². The van der Waals surface area contributed by atoms with Crippen LogP contribution in [0.4, 0.5) is 0 Å². The Kier molecular flexibility index (Phi) is 4.35. The van der Waals surface area contributed by atoms with E-state index in [4.69, 9.17) is 0 Å². The highest BCUT2D eigenvalue weighted by molar-refractivity contribution is 7.22. The Morgan fingerprint density at radius 3 is 2.70 bits per heavy atom. The van der Waals surface area contributed by atoms with Crippen LogP contribution >= 0.6 is 11.3 Å². The van der Waals surface area contributed by atoms with Crippen LogP contribution in [-0.2, 0) is 6.42 Å². The van der Waals surface area contributed by atoms with Gasteiger partial charge < -0.3 is 4.90 Å². The van der Waals surface area contributed by atoms with E-state index in [1.807, 2.05) is 11.3 Å². The summed E-state index contributed by atoms with van der Waals surface area (Å²) in [5.41, 5.74) is 3.56. The smallest absolute Gasteiger partial charge is 0.116 e. The van der Waals surface area contributed by atoms with Crippen molar-refractivity contribution in [1.29, 1.82) is 0 Å². The van der Waals surface area contributed by atoms with Gasteiger partial charge in [0.2, 0.25) is 0 Å². The lowest BCUT2D eigenvalue weighted by molar-refractivity contribution is 0.333. The van der Waals surface area contributed by atoms with Crippen molar-refractivity contribution in [2.24, 2.45) is 0 Å². The number of aromatic nitrogens is 2. The third-order valence-electron chi connectivity index (χ3n) is 4.53. The molecule has 0 saturated carbocycles. The second-order valence-corrected chi connectivity index (χ2v) is 7.22. The van der Waals surface area contributed by atoms with Gasteiger partial charge >= 0.3 is 0 Å². The first kappa shape index (κ1) is 14.8. The molecule has 0 N–H and O–H groups in total. The van der Waals surface area contributed by atoms with Crippen LogP contribution in [0.25, 0.3) is 20.7 Å². The van der Waals surface area contributed by atoms with Gasteiger partial charge in [-0.15, -0.1) is 11.3 Å². The Morgan fingerprint density at radius 2 is 1.87 bits per heavy atom. The van der Waals surface area contributed by atoms with E-state index in [0.717, 1.165) is 11.9 Å². The van der Waals surface area contributed by atoms with Crippen LogP contribution in [0.5, 0.6) is 0 Å². The summed E-state index contributed by atoms with van der Waals surface area (Å²) in [4.78, 5) is 12.9. The predicted octanol–water partition coefficient (Wildman–Crippen LogP) is 4.39. The van der Waals surface area contributed by atoms with Gasteiger partial charge in [0.1, 0.15) is 6.33 Å². The summed E-state index contributed by atoms with van der Waals surface area (Å²) in [6.45, 7) is 3.75. The molecule has 1 saturated heterocycles. The standard InChI is InChI=1S/C19H21N3S/c1-2-7-15(8-3-1)18-13-17-19(23-18)16(20-14-21-17)9-6-12-22-10-4-5-11-22/h1-3,7-8,13-14H,4-6,9-12H2. The molecular weight excluding hydrogens is 302 g/mol. The largest absolute Gasteiger partial charge is 0.303 e. The van der Waals surface area contributed by atoms with E-state index in [-0.39, 0.29) is 0 Å². The third-order valence-corrected chi connectivity index (χ3v) is 5.75. The van der Waals surface area contributed by atoms with Crippen molar-refractivity contribution in [2.75, 3.05) is 19.6 Å². The van der Waals surface area contributed by atoms with Gasteiger partial charge in [0.15, 0.2) is 0 Å². The van der Waals surface area contributed by atoms with Crippen molar-refractivity contribution >= 4 is 21.6 Å². The molecular formula is C19H21N3S. The maximum Gasteiger partial charge on any atom is 0.116 e. The highest BCUT2D eigenvalue weighted by Crippen LogP contribution is 2.33. The van der Waals surface area contributed by atoms with E-state index in [2.05, 4.69) is 51.3 Å². The quantitative estimate of drug-likeness (QED) is 0.697. The van der Waals surface area contributed by atoms with Crippen LogP contribution < -0.4 is 0 Å². The molecule has 0 unspecified atom stereocenters. The van der Waals surface area contributed by atoms with Crippen LogP contribution in [0.1, 0.15) is 25.0 Å². The monoisotopic (exact) mass is 323 g/mol. The van der Waals surface area contributed by atoms with Crippen LogP contribution in [0.15, 0.2) is 42.7 Å². The van der Waals surface area contributed by atoms with Gasteiger partial charge in [-0.3, -0.25) is 0 Å². The second kappa shape index (κ2) is 6.77. The molecule has 0 aliphatic carbocycles. The zero-order valence-electron chi connectivity index (χ0n) is 13.2. The molecule has 2 aromatic heterocycles. The van der Waals surface area contributed by atoms with E-state index < -0.39 is 0 Å². The molecule has 0 bridgehead atoms. The molecule has 118 valence electrons. The van der Waals surface area contributed by atoms with Gasteiger partial charge in [-0.05, 0) is 56.9 Å². The lowest BCUT2D eigenvalue weighted by Crippen LogP contribution is -2.20. The summed E-state index contributed by atoms with van der Waals surface area (Å²) in [6.07, 6.45) is 6.68. The van der Waals surface area contributed by atoms with Crippen LogP contribution in [0, 0.1) is 0 Å². The fraction of sp³-hybridized carbons (Fsp3) is 0.368. The SMILES string of the molecule is c1ccc(-c2cc3ncnc(CCCN4CCCC4)c3s2)cc1. The lowest BCUT2D eigenvalue weighted by Gasteiger charge is -2.13. The van der Waals surface area contributed by atoms with Gasteiger partial charge in [-0.2, -0.15) is 0 Å². The molecule has 0 atom stereocenters. The molecule has 4 rings (SSSR count). The minimum atomic E-state index is 1.05. The maximum absolute atomic E-state index is 4.56. The van der Waals surface area contributed by atoms with E-state index in [1.165, 1.54) is 59.7 Å². The second-order valence-electron chi connectivity index (χ2n) is 6.16. The zero-order valence-corrected chi connectivity index (χ0v) is 14.1. The summed E-state index contributed by atoms with van der Waals surface area (Å²) < 4.78 is 1.26. The highest BCUT2D eigenvalue weighted by Gasteiger charge is 2.13. The topological polar surface area (TPSA) is 29.0 Å². The average molecular weight is 323 g/mol. The molecule has 4 heteroatoms. The molecule has 1 aliphatic rings. The molecule has 1 fully saturated rings. The first-order valence-corrected chi connectivity index (χ1v) is 9.23. The number of rotatable bonds is 5. The number of hydrogen-bond donors (Lipinski definition) is 0. The number of hydrogen-bond acceptors (Lipinski definition) is 4. The van der Waals surface area contributed by atoms with Crippen molar-refractivity contribution in [3.05, 3.63) is 48.4 Å². The van der Waals surface area contributed by atoms with Crippen LogP contribution in [0.3, 0.4) is 0 Å². The molecule has 0 amide bonds. The zero-order chi connectivity index (χ0) is 15.5.